The van der Waals surface area contributed by atoms with E-state index in [0.29, 0.717) is 12.8 Å². The highest BCUT2D eigenvalue weighted by molar-refractivity contribution is 5.95. The lowest BCUT2D eigenvalue weighted by Gasteiger charge is -2.06. The molecule has 0 aliphatic heterocycles. The van der Waals surface area contributed by atoms with Crippen LogP contribution in [0.1, 0.15) is 19.8 Å². The number of hydrogen-bond donors (Lipinski definition) is 1. The molecule has 0 aromatic carbocycles. The first-order valence-electron chi connectivity index (χ1n) is 4.03. The molecule has 0 saturated carbocycles. The van der Waals surface area contributed by atoms with E-state index in [-0.39, 0.29) is 11.9 Å². The van der Waals surface area contributed by atoms with Gasteiger partial charge in [-0.3, -0.25) is 4.79 Å². The van der Waals surface area contributed by atoms with E-state index in [2.05, 4.69) is 0 Å². The van der Waals surface area contributed by atoms with E-state index in [9.17, 15) is 9.59 Å². The zero-order valence-corrected chi connectivity index (χ0v) is 7.82. The topological polar surface area (TPSA) is 63.6 Å². The van der Waals surface area contributed by atoms with E-state index in [1.165, 1.54) is 0 Å². The highest BCUT2D eigenvalue weighted by Crippen LogP contribution is 2.01. The molecule has 0 amide bonds. The van der Waals surface area contributed by atoms with Crippen LogP contribution in [0, 0.1) is 0 Å². The summed E-state index contributed by atoms with van der Waals surface area (Å²) in [4.78, 5) is 21.0. The summed E-state index contributed by atoms with van der Waals surface area (Å²) in [5, 5.41) is 8.22. The molecule has 1 N–H and O–H groups in total. The fourth-order valence-electron chi connectivity index (χ4n) is 0.711. The number of aliphatic carboxylic acids is 1. The van der Waals surface area contributed by atoms with Gasteiger partial charge >= 0.3 is 5.97 Å². The van der Waals surface area contributed by atoms with E-state index in [1.54, 1.807) is 7.11 Å². The molecule has 0 fully saturated rings. The van der Waals surface area contributed by atoms with Crippen molar-refractivity contribution in [2.45, 2.75) is 25.9 Å². The minimum Gasteiger partial charge on any atom is -0.478 e. The molecule has 0 aliphatic carbocycles. The zero-order chi connectivity index (χ0) is 10.3. The maximum atomic E-state index is 11.0. The summed E-state index contributed by atoms with van der Waals surface area (Å²) in [6, 6.07) is 0. The Bertz CT molecular complexity index is 208. The van der Waals surface area contributed by atoms with Gasteiger partial charge in [0, 0.05) is 19.6 Å². The Morgan fingerprint density at radius 2 is 2.08 bits per heavy atom. The molecule has 1 atom stereocenters. The van der Waals surface area contributed by atoms with E-state index >= 15 is 0 Å². The van der Waals surface area contributed by atoms with Crippen LogP contribution in [0.2, 0.25) is 0 Å². The van der Waals surface area contributed by atoms with Crippen molar-refractivity contribution in [1.29, 1.82) is 0 Å². The molecule has 0 aromatic rings. The number of ether oxygens (including phenoxy) is 1. The third-order valence-corrected chi connectivity index (χ3v) is 1.61. The van der Waals surface area contributed by atoms with Gasteiger partial charge in [-0.15, -0.1) is 0 Å². The number of allylic oxidation sites excluding steroid dienone is 1. The van der Waals surface area contributed by atoms with Crippen LogP contribution in [0.3, 0.4) is 0 Å². The average Bonchev–Trinajstić information content (AvgIpc) is 2.10. The van der Waals surface area contributed by atoms with Crippen molar-refractivity contribution in [1.82, 2.24) is 0 Å². The third kappa shape index (κ3) is 7.21. The van der Waals surface area contributed by atoms with Crippen molar-refractivity contribution in [3.63, 3.8) is 0 Å². The first-order valence-corrected chi connectivity index (χ1v) is 4.03. The highest BCUT2D eigenvalue weighted by atomic mass is 16.5. The van der Waals surface area contributed by atoms with Crippen molar-refractivity contribution in [2.75, 3.05) is 7.11 Å². The minimum atomic E-state index is -1.10. The van der Waals surface area contributed by atoms with E-state index in [1.807, 2.05) is 6.92 Å². The Labute approximate surface area is 77.2 Å². The molecule has 4 nitrogen and oxygen atoms in total. The smallest absolute Gasteiger partial charge is 0.328 e. The number of rotatable bonds is 6. The molecule has 1 unspecified atom stereocenters. The van der Waals surface area contributed by atoms with Gasteiger partial charge < -0.3 is 9.84 Å². The second-order valence-corrected chi connectivity index (χ2v) is 2.72. The quantitative estimate of drug-likeness (QED) is 0.629. The van der Waals surface area contributed by atoms with Crippen LogP contribution in [-0.4, -0.2) is 30.1 Å². The van der Waals surface area contributed by atoms with Gasteiger partial charge in [0.25, 0.3) is 0 Å². The molecule has 13 heavy (non-hydrogen) atoms. The summed E-state index contributed by atoms with van der Waals surface area (Å²) in [7, 11) is 1.57. The minimum absolute atomic E-state index is 0.0298. The standard InChI is InChI=1S/C9H14O4/c1-7(13-2)3-4-8(10)5-6-9(11)12/h5-7H,3-4H2,1-2H3,(H,11,12)/b6-5+. The van der Waals surface area contributed by atoms with Gasteiger partial charge in [0.15, 0.2) is 5.78 Å². The monoisotopic (exact) mass is 186 g/mol. The van der Waals surface area contributed by atoms with E-state index in [4.69, 9.17) is 9.84 Å². The molecule has 0 aromatic heterocycles. The fraction of sp³-hybridized carbons (Fsp3) is 0.556. The fourth-order valence-corrected chi connectivity index (χ4v) is 0.711. The predicted octanol–water partition coefficient (Wildman–Crippen LogP) is 1.01. The van der Waals surface area contributed by atoms with Crippen molar-refractivity contribution in [3.05, 3.63) is 12.2 Å². The largest absolute Gasteiger partial charge is 0.478 e. The average molecular weight is 186 g/mol. The number of carbonyl (C=O) groups is 2. The first kappa shape index (κ1) is 11.8. The van der Waals surface area contributed by atoms with Crippen LogP contribution >= 0.6 is 0 Å². The summed E-state index contributed by atoms with van der Waals surface area (Å²) >= 11 is 0. The Morgan fingerprint density at radius 1 is 1.46 bits per heavy atom. The highest BCUT2D eigenvalue weighted by Gasteiger charge is 2.03. The summed E-state index contributed by atoms with van der Waals surface area (Å²) in [5.74, 6) is -1.29. The molecule has 74 valence electrons. The molecule has 0 bridgehead atoms. The second-order valence-electron chi connectivity index (χ2n) is 2.72. The Balaban J connectivity index is 3.69. The SMILES string of the molecule is COC(C)CCC(=O)/C=C/C(=O)O. The van der Waals surface area contributed by atoms with Crippen LogP contribution in [0.5, 0.6) is 0 Å². The Morgan fingerprint density at radius 3 is 2.54 bits per heavy atom. The molecule has 0 radical (unpaired) electrons. The number of ketones is 1. The lowest BCUT2D eigenvalue weighted by Crippen LogP contribution is -2.07. The number of methoxy groups -OCH3 is 1. The number of carbonyl (C=O) groups excluding carboxylic acids is 1. The zero-order valence-electron chi connectivity index (χ0n) is 7.82. The van der Waals surface area contributed by atoms with Crippen molar-refractivity contribution < 1.29 is 19.4 Å². The van der Waals surface area contributed by atoms with Gasteiger partial charge in [0.05, 0.1) is 6.10 Å². The third-order valence-electron chi connectivity index (χ3n) is 1.61. The predicted molar refractivity (Wildman–Crippen MR) is 47.5 cm³/mol. The number of hydrogen-bond acceptors (Lipinski definition) is 3. The van der Waals surface area contributed by atoms with E-state index in [0.717, 1.165) is 12.2 Å². The maximum Gasteiger partial charge on any atom is 0.328 e. The van der Waals surface area contributed by atoms with Crippen LogP contribution < -0.4 is 0 Å². The van der Waals surface area contributed by atoms with Crippen LogP contribution in [0.15, 0.2) is 12.2 Å². The van der Waals surface area contributed by atoms with Gasteiger partial charge in [-0.1, -0.05) is 0 Å². The van der Waals surface area contributed by atoms with Gasteiger partial charge in [0.2, 0.25) is 0 Å². The molecule has 0 saturated heterocycles. The van der Waals surface area contributed by atoms with Gasteiger partial charge in [-0.25, -0.2) is 4.79 Å². The first-order chi connectivity index (χ1) is 6.06. The lowest BCUT2D eigenvalue weighted by atomic mass is 10.1. The summed E-state index contributed by atoms with van der Waals surface area (Å²) in [6.45, 7) is 1.86. The number of carboxylic acids is 1. The van der Waals surface area contributed by atoms with Crippen LogP contribution in [-0.2, 0) is 14.3 Å². The van der Waals surface area contributed by atoms with Crippen LogP contribution in [0.4, 0.5) is 0 Å². The maximum absolute atomic E-state index is 11.0. The normalized spacial score (nSPS) is 13.1. The molecule has 0 spiro atoms. The summed E-state index contributed by atoms with van der Waals surface area (Å²) < 4.78 is 4.93. The van der Waals surface area contributed by atoms with Gasteiger partial charge in [0.1, 0.15) is 0 Å². The van der Waals surface area contributed by atoms with Crippen molar-refractivity contribution in [3.8, 4) is 0 Å². The Kier molecular flexibility index (Phi) is 5.80. The lowest BCUT2D eigenvalue weighted by molar-refractivity contribution is -0.131. The summed E-state index contributed by atoms with van der Waals surface area (Å²) in [6.07, 6.45) is 2.88. The van der Waals surface area contributed by atoms with Gasteiger partial charge in [-0.05, 0) is 19.4 Å². The van der Waals surface area contributed by atoms with Crippen molar-refractivity contribution >= 4 is 11.8 Å². The summed E-state index contributed by atoms with van der Waals surface area (Å²) in [5.41, 5.74) is 0. The molecule has 0 rings (SSSR count). The number of carboxylic acid groups (broad SMARTS) is 1. The molecular formula is C9H14O4. The van der Waals surface area contributed by atoms with Gasteiger partial charge in [-0.2, -0.15) is 0 Å². The molecule has 0 heterocycles. The molecular weight excluding hydrogens is 172 g/mol. The molecule has 4 heteroatoms. The molecule has 0 aliphatic rings. The van der Waals surface area contributed by atoms with Crippen molar-refractivity contribution in [2.24, 2.45) is 0 Å². The second kappa shape index (κ2) is 6.37. The Hall–Kier alpha value is -1.16. The van der Waals surface area contributed by atoms with Crippen LogP contribution in [0.25, 0.3) is 0 Å². The van der Waals surface area contributed by atoms with E-state index < -0.39 is 5.97 Å².